The van der Waals surface area contributed by atoms with Crippen molar-refractivity contribution >= 4 is 10.8 Å². The molecule has 2 aromatic heterocycles. The van der Waals surface area contributed by atoms with Crippen molar-refractivity contribution in [1.82, 2.24) is 19.9 Å². The van der Waals surface area contributed by atoms with Crippen molar-refractivity contribution < 1.29 is 0 Å². The molecule has 0 aliphatic heterocycles. The van der Waals surface area contributed by atoms with Crippen LogP contribution in [0.5, 0.6) is 0 Å². The molecule has 1 N–H and O–H groups in total. The maximum atomic E-state index is 4.35. The SMILES string of the molecule is CNC(c1cncc2ccccc12)c1cncn1C. The molecule has 1 unspecified atom stereocenters. The summed E-state index contributed by atoms with van der Waals surface area (Å²) in [7, 11) is 3.96. The van der Waals surface area contributed by atoms with Crippen LogP contribution in [0.25, 0.3) is 10.8 Å². The zero-order valence-electron chi connectivity index (χ0n) is 11.0. The molecule has 1 atom stereocenters. The Morgan fingerprint density at radius 3 is 2.68 bits per heavy atom. The quantitative estimate of drug-likeness (QED) is 0.777. The van der Waals surface area contributed by atoms with Crippen molar-refractivity contribution in [1.29, 1.82) is 0 Å². The van der Waals surface area contributed by atoms with Gasteiger partial charge >= 0.3 is 0 Å². The van der Waals surface area contributed by atoms with Crippen molar-refractivity contribution in [2.24, 2.45) is 7.05 Å². The second-order valence-electron chi connectivity index (χ2n) is 4.60. The number of aromatic nitrogens is 3. The number of rotatable bonds is 3. The van der Waals surface area contributed by atoms with Crippen LogP contribution in [0, 0.1) is 0 Å². The summed E-state index contributed by atoms with van der Waals surface area (Å²) in [6.45, 7) is 0. The summed E-state index contributed by atoms with van der Waals surface area (Å²) in [5.74, 6) is 0. The van der Waals surface area contributed by atoms with Gasteiger partial charge in [-0.05, 0) is 12.4 Å². The summed E-state index contributed by atoms with van der Waals surface area (Å²) in [6, 6.07) is 8.40. The van der Waals surface area contributed by atoms with E-state index in [1.54, 1.807) is 0 Å². The van der Waals surface area contributed by atoms with E-state index in [9.17, 15) is 0 Å². The third kappa shape index (κ3) is 2.00. The summed E-state index contributed by atoms with van der Waals surface area (Å²) in [4.78, 5) is 8.55. The van der Waals surface area contributed by atoms with E-state index in [4.69, 9.17) is 0 Å². The molecule has 0 aliphatic rings. The van der Waals surface area contributed by atoms with Crippen LogP contribution in [0.4, 0.5) is 0 Å². The van der Waals surface area contributed by atoms with E-state index >= 15 is 0 Å². The van der Waals surface area contributed by atoms with Crippen molar-refractivity contribution in [2.45, 2.75) is 6.04 Å². The number of hydrogen-bond acceptors (Lipinski definition) is 3. The van der Waals surface area contributed by atoms with Crippen molar-refractivity contribution in [3.05, 3.63) is 60.4 Å². The van der Waals surface area contributed by atoms with Crippen LogP contribution in [0.1, 0.15) is 17.3 Å². The summed E-state index contributed by atoms with van der Waals surface area (Å²) in [6.07, 6.45) is 7.53. The number of nitrogens with one attached hydrogen (secondary N) is 1. The van der Waals surface area contributed by atoms with Crippen LogP contribution in [-0.4, -0.2) is 21.6 Å². The zero-order chi connectivity index (χ0) is 13.2. The lowest BCUT2D eigenvalue weighted by atomic mass is 10.00. The molecular formula is C15H16N4. The topological polar surface area (TPSA) is 42.7 Å². The first kappa shape index (κ1) is 11.9. The Morgan fingerprint density at radius 1 is 1.11 bits per heavy atom. The van der Waals surface area contributed by atoms with Crippen LogP contribution >= 0.6 is 0 Å². The van der Waals surface area contributed by atoms with Gasteiger partial charge in [-0.15, -0.1) is 0 Å². The molecular weight excluding hydrogens is 236 g/mol. The highest BCUT2D eigenvalue weighted by Crippen LogP contribution is 2.27. The van der Waals surface area contributed by atoms with Crippen molar-refractivity contribution in [3.8, 4) is 0 Å². The average molecular weight is 252 g/mol. The highest BCUT2D eigenvalue weighted by Gasteiger charge is 2.17. The lowest BCUT2D eigenvalue weighted by Crippen LogP contribution is -2.20. The highest BCUT2D eigenvalue weighted by molar-refractivity contribution is 5.85. The van der Waals surface area contributed by atoms with Crippen molar-refractivity contribution in [3.63, 3.8) is 0 Å². The first-order valence-corrected chi connectivity index (χ1v) is 6.27. The fraction of sp³-hybridized carbons (Fsp3) is 0.200. The van der Waals surface area contributed by atoms with Crippen LogP contribution in [0.2, 0.25) is 0 Å². The van der Waals surface area contributed by atoms with E-state index in [0.717, 1.165) is 11.1 Å². The number of benzene rings is 1. The minimum Gasteiger partial charge on any atom is -0.336 e. The lowest BCUT2D eigenvalue weighted by Gasteiger charge is -2.18. The molecule has 3 aromatic rings. The molecule has 0 spiro atoms. The molecule has 0 fully saturated rings. The summed E-state index contributed by atoms with van der Waals surface area (Å²) < 4.78 is 2.03. The summed E-state index contributed by atoms with van der Waals surface area (Å²) in [5.41, 5.74) is 2.30. The normalized spacial score (nSPS) is 12.7. The predicted octanol–water partition coefficient (Wildman–Crippen LogP) is 2.28. The van der Waals surface area contributed by atoms with Gasteiger partial charge < -0.3 is 9.88 Å². The van der Waals surface area contributed by atoms with Gasteiger partial charge in [0, 0.05) is 30.4 Å². The number of aryl methyl sites for hydroxylation is 1. The second-order valence-corrected chi connectivity index (χ2v) is 4.60. The largest absolute Gasteiger partial charge is 0.336 e. The van der Waals surface area contributed by atoms with E-state index in [1.165, 1.54) is 10.9 Å². The predicted molar refractivity (Wildman–Crippen MR) is 75.9 cm³/mol. The van der Waals surface area contributed by atoms with E-state index in [1.807, 2.05) is 49.6 Å². The Kier molecular flexibility index (Phi) is 3.01. The van der Waals surface area contributed by atoms with Gasteiger partial charge in [0.05, 0.1) is 24.3 Å². The molecule has 2 heterocycles. The van der Waals surface area contributed by atoms with Gasteiger partial charge in [-0.25, -0.2) is 4.98 Å². The number of pyridine rings is 1. The Hall–Kier alpha value is -2.20. The monoisotopic (exact) mass is 252 g/mol. The molecule has 0 saturated heterocycles. The molecule has 0 amide bonds. The van der Waals surface area contributed by atoms with Crippen LogP contribution in [-0.2, 0) is 7.05 Å². The van der Waals surface area contributed by atoms with Crippen LogP contribution < -0.4 is 5.32 Å². The lowest BCUT2D eigenvalue weighted by molar-refractivity contribution is 0.640. The smallest absolute Gasteiger partial charge is 0.0946 e. The molecule has 19 heavy (non-hydrogen) atoms. The minimum atomic E-state index is 0.0890. The fourth-order valence-electron chi connectivity index (χ4n) is 2.48. The van der Waals surface area contributed by atoms with Gasteiger partial charge in [-0.1, -0.05) is 24.3 Å². The van der Waals surface area contributed by atoms with E-state index in [0.29, 0.717) is 0 Å². The standard InChI is InChI=1S/C15H16N4/c1-16-15(14-9-18-10-19(14)2)13-8-17-7-11-5-3-4-6-12(11)13/h3-10,15-16H,1-2H3. The Labute approximate surface area is 112 Å². The second kappa shape index (κ2) is 4.82. The Bertz CT molecular complexity index is 697. The number of fused-ring (bicyclic) bond motifs is 1. The van der Waals surface area contributed by atoms with Crippen molar-refractivity contribution in [2.75, 3.05) is 7.05 Å². The summed E-state index contributed by atoms with van der Waals surface area (Å²) >= 11 is 0. The molecule has 4 heteroatoms. The van der Waals surface area contributed by atoms with Gasteiger partial charge in [-0.3, -0.25) is 4.98 Å². The molecule has 1 aromatic carbocycles. The molecule has 96 valence electrons. The van der Waals surface area contributed by atoms with E-state index < -0.39 is 0 Å². The van der Waals surface area contributed by atoms with Gasteiger partial charge in [0.2, 0.25) is 0 Å². The van der Waals surface area contributed by atoms with Gasteiger partial charge in [0.25, 0.3) is 0 Å². The molecule has 0 saturated carbocycles. The zero-order valence-corrected chi connectivity index (χ0v) is 11.0. The fourth-order valence-corrected chi connectivity index (χ4v) is 2.48. The average Bonchev–Trinajstić information content (AvgIpc) is 2.86. The van der Waals surface area contributed by atoms with Gasteiger partial charge in [0.1, 0.15) is 0 Å². The molecule has 4 nitrogen and oxygen atoms in total. The number of nitrogens with zero attached hydrogens (tertiary/aromatic N) is 3. The van der Waals surface area contributed by atoms with Gasteiger partial charge in [-0.2, -0.15) is 0 Å². The Morgan fingerprint density at radius 2 is 1.95 bits per heavy atom. The molecule has 0 radical (unpaired) electrons. The highest BCUT2D eigenvalue weighted by atomic mass is 15.1. The van der Waals surface area contributed by atoms with Gasteiger partial charge in [0.15, 0.2) is 0 Å². The maximum Gasteiger partial charge on any atom is 0.0946 e. The summed E-state index contributed by atoms with van der Waals surface area (Å²) in [5, 5.41) is 5.73. The molecule has 0 bridgehead atoms. The number of imidazole rings is 1. The first-order valence-electron chi connectivity index (χ1n) is 6.27. The molecule has 3 rings (SSSR count). The third-order valence-corrected chi connectivity index (χ3v) is 3.45. The first-order chi connectivity index (χ1) is 9.31. The van der Waals surface area contributed by atoms with E-state index in [-0.39, 0.29) is 6.04 Å². The van der Waals surface area contributed by atoms with Crippen LogP contribution in [0.15, 0.2) is 49.2 Å². The minimum absolute atomic E-state index is 0.0890. The van der Waals surface area contributed by atoms with E-state index in [2.05, 4.69) is 33.5 Å². The Balaban J connectivity index is 2.20. The maximum absolute atomic E-state index is 4.35. The number of hydrogen-bond donors (Lipinski definition) is 1. The molecule has 0 aliphatic carbocycles. The third-order valence-electron chi connectivity index (χ3n) is 3.45. The van der Waals surface area contributed by atoms with Crippen LogP contribution in [0.3, 0.4) is 0 Å².